The Bertz CT molecular complexity index is 994. The van der Waals surface area contributed by atoms with Crippen LogP contribution in [0.4, 0.5) is 0 Å². The van der Waals surface area contributed by atoms with E-state index < -0.39 is 0 Å². The van der Waals surface area contributed by atoms with Gasteiger partial charge in [0, 0.05) is 35.8 Å². The molecule has 2 aromatic heterocycles. The van der Waals surface area contributed by atoms with Crippen molar-refractivity contribution >= 4 is 17.4 Å². The van der Waals surface area contributed by atoms with Crippen LogP contribution in [0.3, 0.4) is 0 Å². The molecule has 3 aromatic rings. The van der Waals surface area contributed by atoms with Gasteiger partial charge in [-0.3, -0.25) is 9.98 Å². The van der Waals surface area contributed by atoms with Crippen LogP contribution < -0.4 is 16.3 Å². The van der Waals surface area contributed by atoms with Gasteiger partial charge in [-0.1, -0.05) is 32.9 Å². The normalized spacial score (nSPS) is 11.7. The predicted molar refractivity (Wildman–Crippen MR) is 114 cm³/mol. The van der Waals surface area contributed by atoms with E-state index in [4.69, 9.17) is 5.41 Å². The van der Waals surface area contributed by atoms with Crippen molar-refractivity contribution < 1.29 is 0 Å². The highest BCUT2D eigenvalue weighted by Crippen LogP contribution is 2.24. The third kappa shape index (κ3) is 4.67. The maximum absolute atomic E-state index is 12.5. The number of hydrogen-bond donors (Lipinski definition) is 4. The second-order valence-electron chi connectivity index (χ2n) is 7.93. The topological polar surface area (TPSA) is 98.6 Å². The van der Waals surface area contributed by atoms with Crippen LogP contribution in [0.1, 0.15) is 38.4 Å². The largest absolute Gasteiger partial charge is 0.377 e. The van der Waals surface area contributed by atoms with Gasteiger partial charge in [0.15, 0.2) is 0 Å². The van der Waals surface area contributed by atoms with E-state index in [9.17, 15) is 4.79 Å². The minimum Gasteiger partial charge on any atom is -0.377 e. The molecule has 148 valence electrons. The number of aromatic nitrogens is 3. The lowest BCUT2D eigenvalue weighted by Gasteiger charge is -2.15. The molecule has 0 saturated heterocycles. The van der Waals surface area contributed by atoms with Crippen LogP contribution in [0.25, 0.3) is 16.7 Å². The maximum Gasteiger partial charge on any atom is 0.354 e. The summed E-state index contributed by atoms with van der Waals surface area (Å²) in [6.07, 6.45) is 4.02. The molecule has 2 heterocycles. The molecule has 0 aliphatic rings. The maximum atomic E-state index is 12.5. The first kappa shape index (κ1) is 19.8. The average molecular weight is 380 g/mol. The van der Waals surface area contributed by atoms with Crippen molar-refractivity contribution in [3.63, 3.8) is 0 Å². The van der Waals surface area contributed by atoms with Crippen molar-refractivity contribution in [3.05, 3.63) is 58.3 Å². The smallest absolute Gasteiger partial charge is 0.354 e. The Labute approximate surface area is 164 Å². The van der Waals surface area contributed by atoms with Crippen LogP contribution in [-0.2, 0) is 12.0 Å². The first-order valence-corrected chi connectivity index (χ1v) is 9.54. The molecule has 3 rings (SSSR count). The molecule has 28 heavy (non-hydrogen) atoms. The zero-order valence-corrected chi connectivity index (χ0v) is 16.7. The van der Waals surface area contributed by atoms with Gasteiger partial charge in [-0.2, -0.15) is 4.98 Å². The summed E-state index contributed by atoms with van der Waals surface area (Å²) in [4.78, 5) is 19.9. The SMILES string of the molecule is CC(C)(C)c1cc2cn(-c3ccc(CNCCCNC=N)cc3)c(=O)nc2[nH]1. The molecule has 7 nitrogen and oxygen atoms in total. The van der Waals surface area contributed by atoms with E-state index in [1.165, 1.54) is 6.34 Å². The zero-order chi connectivity index (χ0) is 20.1. The number of benzene rings is 1. The Morgan fingerprint density at radius 1 is 1.21 bits per heavy atom. The fourth-order valence-corrected chi connectivity index (χ4v) is 2.98. The van der Waals surface area contributed by atoms with Crippen LogP contribution in [-0.4, -0.2) is 34.0 Å². The number of H-pyrrole nitrogens is 1. The highest BCUT2D eigenvalue weighted by Gasteiger charge is 2.17. The number of fused-ring (bicyclic) bond motifs is 1. The van der Waals surface area contributed by atoms with Crippen molar-refractivity contribution in [1.82, 2.24) is 25.2 Å². The van der Waals surface area contributed by atoms with Gasteiger partial charge in [0.2, 0.25) is 0 Å². The molecule has 0 amide bonds. The second kappa shape index (κ2) is 8.39. The summed E-state index contributed by atoms with van der Waals surface area (Å²) in [5, 5.41) is 14.1. The van der Waals surface area contributed by atoms with Crippen LogP contribution in [0.5, 0.6) is 0 Å². The molecule has 0 aliphatic carbocycles. The predicted octanol–water partition coefficient (Wildman–Crippen LogP) is 2.69. The van der Waals surface area contributed by atoms with E-state index in [0.717, 1.165) is 48.4 Å². The number of nitrogens with zero attached hydrogens (tertiary/aromatic N) is 2. The van der Waals surface area contributed by atoms with Crippen LogP contribution in [0, 0.1) is 5.41 Å². The molecule has 0 bridgehead atoms. The average Bonchev–Trinajstić information content (AvgIpc) is 3.08. The monoisotopic (exact) mass is 380 g/mol. The lowest BCUT2D eigenvalue weighted by Crippen LogP contribution is -2.21. The Morgan fingerprint density at radius 2 is 1.96 bits per heavy atom. The van der Waals surface area contributed by atoms with Crippen LogP contribution in [0.15, 0.2) is 41.3 Å². The highest BCUT2D eigenvalue weighted by molar-refractivity contribution is 5.76. The van der Waals surface area contributed by atoms with Gasteiger partial charge in [-0.15, -0.1) is 0 Å². The standard InChI is InChI=1S/C21H28N6O/c1-21(2,3)18-11-16-13-27(20(28)26-19(16)25-18)17-7-5-15(6-8-17)12-23-9-4-10-24-14-22/h5-8,11,13-14,23H,4,9-10,12H2,1-3H3,(H2,22,24)(H,25,26,28). The van der Waals surface area contributed by atoms with Crippen molar-refractivity contribution in [1.29, 1.82) is 5.41 Å². The Hall–Kier alpha value is -2.93. The molecule has 0 unspecified atom stereocenters. The van der Waals surface area contributed by atoms with E-state index >= 15 is 0 Å². The molecule has 0 aliphatic heterocycles. The summed E-state index contributed by atoms with van der Waals surface area (Å²) in [7, 11) is 0. The van der Waals surface area contributed by atoms with Gasteiger partial charge in [0.05, 0.1) is 12.0 Å². The molecular weight excluding hydrogens is 352 g/mol. The fraction of sp³-hybridized carbons (Fsp3) is 0.381. The molecule has 4 N–H and O–H groups in total. The number of rotatable bonds is 8. The lowest BCUT2D eigenvalue weighted by molar-refractivity contribution is 0.574. The summed E-state index contributed by atoms with van der Waals surface area (Å²) in [6.45, 7) is 8.82. The quantitative estimate of drug-likeness (QED) is 0.274. The summed E-state index contributed by atoms with van der Waals surface area (Å²) < 4.78 is 1.59. The Balaban J connectivity index is 1.72. The Morgan fingerprint density at radius 3 is 2.64 bits per heavy atom. The van der Waals surface area contributed by atoms with Crippen LogP contribution >= 0.6 is 0 Å². The molecule has 1 aromatic carbocycles. The second-order valence-corrected chi connectivity index (χ2v) is 7.93. The van der Waals surface area contributed by atoms with Gasteiger partial charge in [0.25, 0.3) is 0 Å². The zero-order valence-electron chi connectivity index (χ0n) is 16.7. The van der Waals surface area contributed by atoms with Crippen molar-refractivity contribution in [2.45, 2.75) is 39.2 Å². The minimum atomic E-state index is -0.292. The molecule has 0 saturated carbocycles. The van der Waals surface area contributed by atoms with E-state index in [1.807, 2.05) is 30.5 Å². The van der Waals surface area contributed by atoms with Crippen LogP contribution in [0.2, 0.25) is 0 Å². The first-order valence-electron chi connectivity index (χ1n) is 9.54. The minimum absolute atomic E-state index is 0.0290. The van der Waals surface area contributed by atoms with Gasteiger partial charge in [0.1, 0.15) is 5.65 Å². The van der Waals surface area contributed by atoms with Gasteiger partial charge >= 0.3 is 5.69 Å². The van der Waals surface area contributed by atoms with Gasteiger partial charge in [-0.25, -0.2) is 4.79 Å². The molecule has 0 fully saturated rings. The first-order chi connectivity index (χ1) is 13.4. The third-order valence-electron chi connectivity index (χ3n) is 4.64. The third-order valence-corrected chi connectivity index (χ3v) is 4.64. The molecular formula is C21H28N6O. The summed E-state index contributed by atoms with van der Waals surface area (Å²) in [5.41, 5.74) is 3.33. The van der Waals surface area contributed by atoms with Crippen molar-refractivity contribution in [2.75, 3.05) is 13.1 Å². The van der Waals surface area contributed by atoms with Crippen molar-refractivity contribution in [3.8, 4) is 5.69 Å². The fourth-order valence-electron chi connectivity index (χ4n) is 2.98. The summed E-state index contributed by atoms with van der Waals surface area (Å²) in [5.74, 6) is 0. The number of hydrogen-bond acceptors (Lipinski definition) is 4. The van der Waals surface area contributed by atoms with E-state index in [1.54, 1.807) is 4.57 Å². The van der Waals surface area contributed by atoms with E-state index in [2.05, 4.69) is 47.4 Å². The summed E-state index contributed by atoms with van der Waals surface area (Å²) in [6, 6.07) is 9.99. The molecule has 0 atom stereocenters. The van der Waals surface area contributed by atoms with E-state index in [-0.39, 0.29) is 11.1 Å². The molecule has 0 radical (unpaired) electrons. The molecule has 7 heteroatoms. The van der Waals surface area contributed by atoms with Gasteiger partial charge < -0.3 is 15.6 Å². The highest BCUT2D eigenvalue weighted by atomic mass is 16.1. The number of nitrogens with one attached hydrogen (secondary N) is 4. The lowest BCUT2D eigenvalue weighted by atomic mass is 9.92. The van der Waals surface area contributed by atoms with E-state index in [0.29, 0.717) is 5.65 Å². The summed E-state index contributed by atoms with van der Waals surface area (Å²) >= 11 is 0. The van der Waals surface area contributed by atoms with Gasteiger partial charge in [-0.05, 0) is 36.7 Å². The number of aromatic amines is 1. The van der Waals surface area contributed by atoms with Crippen molar-refractivity contribution in [2.24, 2.45) is 0 Å². The Kier molecular flexibility index (Phi) is 5.94. The molecule has 0 spiro atoms.